The van der Waals surface area contributed by atoms with E-state index in [4.69, 9.17) is 0 Å². The molecule has 3 nitrogen and oxygen atoms in total. The second-order valence-corrected chi connectivity index (χ2v) is 4.27. The van der Waals surface area contributed by atoms with Gasteiger partial charge < -0.3 is 4.90 Å². The van der Waals surface area contributed by atoms with E-state index >= 15 is 0 Å². The van der Waals surface area contributed by atoms with E-state index < -0.39 is 11.7 Å². The molecule has 0 bridgehead atoms. The lowest BCUT2D eigenvalue weighted by atomic mass is 10.2. The van der Waals surface area contributed by atoms with E-state index in [2.05, 4.69) is 0 Å². The molecule has 0 aliphatic carbocycles. The fourth-order valence-electron chi connectivity index (χ4n) is 1.84. The fraction of sp³-hybridized carbons (Fsp3) is 0.125. The number of hydrogen-bond acceptors (Lipinski definition) is 2. The van der Waals surface area contributed by atoms with Gasteiger partial charge in [0.2, 0.25) is 5.78 Å². The molecule has 0 saturated heterocycles. The van der Waals surface area contributed by atoms with Crippen LogP contribution >= 0.6 is 0 Å². The average Bonchev–Trinajstić information content (AvgIpc) is 2.46. The van der Waals surface area contributed by atoms with E-state index in [1.54, 1.807) is 0 Å². The van der Waals surface area contributed by atoms with Crippen molar-refractivity contribution in [2.45, 2.75) is 13.5 Å². The monoisotopic (exact) mass is 253 g/mol. The van der Waals surface area contributed by atoms with E-state index in [9.17, 15) is 9.59 Å². The van der Waals surface area contributed by atoms with Crippen LogP contribution in [0.3, 0.4) is 0 Å². The predicted molar refractivity (Wildman–Crippen MR) is 74.8 cm³/mol. The summed E-state index contributed by atoms with van der Waals surface area (Å²) in [6.07, 6.45) is 0. The molecule has 0 fully saturated rings. The van der Waals surface area contributed by atoms with Crippen molar-refractivity contribution >= 4 is 17.4 Å². The Morgan fingerprint density at radius 3 is 1.95 bits per heavy atom. The minimum absolute atomic E-state index is 0.392. The van der Waals surface area contributed by atoms with Crippen molar-refractivity contribution in [2.24, 2.45) is 0 Å². The van der Waals surface area contributed by atoms with E-state index in [1.165, 1.54) is 11.8 Å². The number of hydrogen-bond donors (Lipinski definition) is 0. The van der Waals surface area contributed by atoms with Gasteiger partial charge >= 0.3 is 0 Å². The third-order valence-corrected chi connectivity index (χ3v) is 2.80. The van der Waals surface area contributed by atoms with Crippen molar-refractivity contribution in [2.75, 3.05) is 4.90 Å². The maximum atomic E-state index is 12.0. The zero-order chi connectivity index (χ0) is 13.7. The normalized spacial score (nSPS) is 9.95. The third kappa shape index (κ3) is 3.28. The summed E-state index contributed by atoms with van der Waals surface area (Å²) in [6.45, 7) is 1.69. The number of amides is 1. The lowest BCUT2D eigenvalue weighted by molar-refractivity contribution is -0.135. The molecular weight excluding hydrogens is 238 g/mol. The highest BCUT2D eigenvalue weighted by molar-refractivity contribution is 6.40. The van der Waals surface area contributed by atoms with E-state index in [1.807, 2.05) is 60.7 Å². The first-order chi connectivity index (χ1) is 9.18. The smallest absolute Gasteiger partial charge is 0.294 e. The number of benzene rings is 2. The minimum Gasteiger partial charge on any atom is -0.301 e. The lowest BCUT2D eigenvalue weighted by Crippen LogP contribution is -2.34. The summed E-state index contributed by atoms with van der Waals surface area (Å²) in [5, 5.41) is 0. The summed E-state index contributed by atoms with van der Waals surface area (Å²) in [6, 6.07) is 18.8. The highest BCUT2D eigenvalue weighted by atomic mass is 16.2. The minimum atomic E-state index is -0.491. The first-order valence-electron chi connectivity index (χ1n) is 6.10. The van der Waals surface area contributed by atoms with E-state index in [0.717, 1.165) is 11.3 Å². The van der Waals surface area contributed by atoms with Crippen LogP contribution in [0.4, 0.5) is 5.69 Å². The van der Waals surface area contributed by atoms with Crippen LogP contribution in [-0.4, -0.2) is 11.7 Å². The molecule has 0 heterocycles. The zero-order valence-electron chi connectivity index (χ0n) is 10.7. The average molecular weight is 253 g/mol. The highest BCUT2D eigenvalue weighted by Gasteiger charge is 2.19. The first-order valence-corrected chi connectivity index (χ1v) is 6.10. The molecule has 0 atom stereocenters. The molecular formula is C16H15NO2. The van der Waals surface area contributed by atoms with Gasteiger partial charge in [-0.2, -0.15) is 0 Å². The Bertz CT molecular complexity index is 564. The Labute approximate surface area is 112 Å². The van der Waals surface area contributed by atoms with Crippen LogP contribution in [0.2, 0.25) is 0 Å². The molecule has 96 valence electrons. The molecule has 0 unspecified atom stereocenters. The molecule has 2 aromatic carbocycles. The SMILES string of the molecule is CC(=O)C(=O)N(Cc1ccccc1)c1ccccc1. The van der Waals surface area contributed by atoms with Gasteiger partial charge in [0.15, 0.2) is 0 Å². The summed E-state index contributed by atoms with van der Waals surface area (Å²) in [5.74, 6) is -0.949. The number of anilines is 1. The van der Waals surface area contributed by atoms with Gasteiger partial charge in [0.25, 0.3) is 5.91 Å². The Kier molecular flexibility index (Phi) is 4.08. The van der Waals surface area contributed by atoms with Gasteiger partial charge in [0, 0.05) is 12.6 Å². The first kappa shape index (κ1) is 13.0. The lowest BCUT2D eigenvalue weighted by Gasteiger charge is -2.21. The van der Waals surface area contributed by atoms with Gasteiger partial charge in [-0.15, -0.1) is 0 Å². The topological polar surface area (TPSA) is 37.4 Å². The number of rotatable bonds is 4. The largest absolute Gasteiger partial charge is 0.301 e. The molecule has 0 aliphatic heterocycles. The fourth-order valence-corrected chi connectivity index (χ4v) is 1.84. The van der Waals surface area contributed by atoms with Crippen LogP contribution in [-0.2, 0) is 16.1 Å². The maximum Gasteiger partial charge on any atom is 0.294 e. The van der Waals surface area contributed by atoms with Gasteiger partial charge in [-0.25, -0.2) is 0 Å². The second-order valence-electron chi connectivity index (χ2n) is 4.27. The quantitative estimate of drug-likeness (QED) is 0.786. The van der Waals surface area contributed by atoms with Crippen molar-refractivity contribution in [1.29, 1.82) is 0 Å². The van der Waals surface area contributed by atoms with Crippen molar-refractivity contribution in [1.82, 2.24) is 0 Å². The van der Waals surface area contributed by atoms with E-state index in [-0.39, 0.29) is 0 Å². The van der Waals surface area contributed by atoms with Crippen LogP contribution in [0, 0.1) is 0 Å². The molecule has 19 heavy (non-hydrogen) atoms. The number of nitrogens with zero attached hydrogens (tertiary/aromatic N) is 1. The van der Waals surface area contributed by atoms with Gasteiger partial charge in [-0.3, -0.25) is 9.59 Å². The van der Waals surface area contributed by atoms with Crippen molar-refractivity contribution < 1.29 is 9.59 Å². The molecule has 0 N–H and O–H groups in total. The number of carbonyl (C=O) groups is 2. The third-order valence-electron chi connectivity index (χ3n) is 2.80. The number of para-hydroxylation sites is 1. The molecule has 3 heteroatoms. The summed E-state index contributed by atoms with van der Waals surface area (Å²) in [4.78, 5) is 24.9. The molecule has 0 saturated carbocycles. The standard InChI is InChI=1S/C16H15NO2/c1-13(18)16(19)17(15-10-6-3-7-11-15)12-14-8-4-2-5-9-14/h2-11H,12H2,1H3. The van der Waals surface area contributed by atoms with Gasteiger partial charge in [-0.05, 0) is 17.7 Å². The Morgan fingerprint density at radius 1 is 0.895 bits per heavy atom. The van der Waals surface area contributed by atoms with Crippen LogP contribution in [0.25, 0.3) is 0 Å². The van der Waals surface area contributed by atoms with Gasteiger partial charge in [-0.1, -0.05) is 48.5 Å². The van der Waals surface area contributed by atoms with Crippen LogP contribution < -0.4 is 4.90 Å². The summed E-state index contributed by atoms with van der Waals surface area (Å²) < 4.78 is 0. The van der Waals surface area contributed by atoms with Crippen molar-refractivity contribution in [3.05, 3.63) is 66.2 Å². The molecule has 0 aliphatic rings. The highest BCUT2D eigenvalue weighted by Crippen LogP contribution is 2.17. The number of ketones is 1. The van der Waals surface area contributed by atoms with Crippen LogP contribution in [0.5, 0.6) is 0 Å². The Morgan fingerprint density at radius 2 is 1.42 bits per heavy atom. The molecule has 2 aromatic rings. The Hall–Kier alpha value is -2.42. The molecule has 0 aromatic heterocycles. The van der Waals surface area contributed by atoms with Crippen molar-refractivity contribution in [3.63, 3.8) is 0 Å². The molecule has 0 spiro atoms. The zero-order valence-corrected chi connectivity index (χ0v) is 10.7. The maximum absolute atomic E-state index is 12.0. The molecule has 0 radical (unpaired) electrons. The van der Waals surface area contributed by atoms with Gasteiger partial charge in [0.1, 0.15) is 0 Å². The Balaban J connectivity index is 2.30. The summed E-state index contributed by atoms with van der Waals surface area (Å²) in [5.41, 5.74) is 1.72. The van der Waals surface area contributed by atoms with Crippen LogP contribution in [0.15, 0.2) is 60.7 Å². The van der Waals surface area contributed by atoms with Crippen molar-refractivity contribution in [3.8, 4) is 0 Å². The number of carbonyl (C=O) groups excluding carboxylic acids is 2. The second kappa shape index (κ2) is 5.96. The number of Topliss-reactive ketones (excluding diaryl/α,β-unsaturated/α-hetero) is 1. The van der Waals surface area contributed by atoms with E-state index in [0.29, 0.717) is 6.54 Å². The van der Waals surface area contributed by atoms with Gasteiger partial charge in [0.05, 0.1) is 6.54 Å². The summed E-state index contributed by atoms with van der Waals surface area (Å²) in [7, 11) is 0. The molecule has 1 amide bonds. The molecule has 2 rings (SSSR count). The van der Waals surface area contributed by atoms with Crippen LogP contribution in [0.1, 0.15) is 12.5 Å². The summed E-state index contributed by atoms with van der Waals surface area (Å²) >= 11 is 0. The predicted octanol–water partition coefficient (Wildman–Crippen LogP) is 2.81.